The number of rotatable bonds is 5. The van der Waals surface area contributed by atoms with Crippen molar-refractivity contribution in [2.75, 3.05) is 5.32 Å². The van der Waals surface area contributed by atoms with Gasteiger partial charge in [0.15, 0.2) is 0 Å². The molecule has 0 saturated heterocycles. The first-order chi connectivity index (χ1) is 10.8. The summed E-state index contributed by atoms with van der Waals surface area (Å²) in [5.41, 5.74) is 7.12. The molecule has 0 aliphatic rings. The Balaban J connectivity index is 1.94. The molecule has 0 aliphatic heterocycles. The van der Waals surface area contributed by atoms with Crippen LogP contribution in [-0.4, -0.2) is 5.91 Å². The summed E-state index contributed by atoms with van der Waals surface area (Å²) in [7, 11) is 0. The molecule has 1 N–H and O–H groups in total. The Bertz CT molecular complexity index is 683. The molecule has 0 saturated carbocycles. The van der Waals surface area contributed by atoms with E-state index < -0.39 is 0 Å². The van der Waals surface area contributed by atoms with E-state index in [9.17, 15) is 4.79 Å². The normalized spacial score (nSPS) is 12.0. The minimum Gasteiger partial charge on any atom is -0.326 e. The number of nitrogens with one attached hydrogen (secondary N) is 1. The lowest BCUT2D eigenvalue weighted by Crippen LogP contribution is -2.17. The highest BCUT2D eigenvalue weighted by Gasteiger charge is 2.11. The van der Waals surface area contributed by atoms with Crippen LogP contribution >= 0.6 is 0 Å². The van der Waals surface area contributed by atoms with Crippen LogP contribution in [-0.2, 0) is 11.2 Å². The van der Waals surface area contributed by atoms with Crippen molar-refractivity contribution in [3.05, 3.63) is 64.2 Å². The first-order valence-corrected chi connectivity index (χ1v) is 8.28. The Morgan fingerprint density at radius 2 is 1.61 bits per heavy atom. The highest BCUT2D eigenvalue weighted by atomic mass is 16.1. The van der Waals surface area contributed by atoms with Gasteiger partial charge in [-0.15, -0.1) is 0 Å². The highest BCUT2D eigenvalue weighted by Crippen LogP contribution is 2.19. The SMILES string of the molecule is Cc1cc(C)cc(CC(C)CC(=O)Nc2ccc(C)cc2C)c1. The average Bonchev–Trinajstić information content (AvgIpc) is 2.40. The highest BCUT2D eigenvalue weighted by molar-refractivity contribution is 5.91. The molecule has 0 aliphatic carbocycles. The van der Waals surface area contributed by atoms with Crippen LogP contribution in [0.1, 0.15) is 41.2 Å². The van der Waals surface area contributed by atoms with Gasteiger partial charge in [0.05, 0.1) is 0 Å². The molecule has 122 valence electrons. The van der Waals surface area contributed by atoms with Gasteiger partial charge in [0.25, 0.3) is 0 Å². The molecule has 0 heterocycles. The summed E-state index contributed by atoms with van der Waals surface area (Å²) in [5.74, 6) is 0.413. The number of amides is 1. The van der Waals surface area contributed by atoms with Gasteiger partial charge in [0.1, 0.15) is 0 Å². The third-order valence-electron chi connectivity index (χ3n) is 4.06. The standard InChI is InChI=1S/C21H27NO/c1-14-6-7-20(18(5)9-14)22-21(23)13-17(4)12-19-10-15(2)8-16(3)11-19/h6-11,17H,12-13H2,1-5H3,(H,22,23). The third kappa shape index (κ3) is 5.24. The molecule has 2 aromatic rings. The molecule has 1 unspecified atom stereocenters. The Kier molecular flexibility index (Phi) is 5.59. The Labute approximate surface area is 139 Å². The van der Waals surface area contributed by atoms with E-state index in [0.717, 1.165) is 17.7 Å². The topological polar surface area (TPSA) is 29.1 Å². The minimum atomic E-state index is 0.0915. The van der Waals surface area contributed by atoms with Gasteiger partial charge in [-0.25, -0.2) is 0 Å². The number of benzene rings is 2. The van der Waals surface area contributed by atoms with E-state index in [4.69, 9.17) is 0 Å². The maximum atomic E-state index is 12.3. The molecule has 0 fully saturated rings. The molecule has 0 bridgehead atoms. The lowest BCUT2D eigenvalue weighted by atomic mass is 9.95. The van der Waals surface area contributed by atoms with Crippen molar-refractivity contribution in [1.82, 2.24) is 0 Å². The second kappa shape index (κ2) is 7.45. The van der Waals surface area contributed by atoms with E-state index in [1.165, 1.54) is 22.3 Å². The van der Waals surface area contributed by atoms with Gasteiger partial charge in [0.2, 0.25) is 5.91 Å². The molecule has 2 heteroatoms. The Morgan fingerprint density at radius 3 is 2.22 bits per heavy atom. The fourth-order valence-electron chi connectivity index (χ4n) is 3.13. The lowest BCUT2D eigenvalue weighted by Gasteiger charge is -2.14. The number of carbonyl (C=O) groups is 1. The van der Waals surface area contributed by atoms with Gasteiger partial charge < -0.3 is 5.32 Å². The average molecular weight is 309 g/mol. The van der Waals surface area contributed by atoms with Crippen molar-refractivity contribution in [3.63, 3.8) is 0 Å². The molecule has 0 spiro atoms. The molecule has 1 amide bonds. The zero-order valence-electron chi connectivity index (χ0n) is 14.9. The molecule has 0 aromatic heterocycles. The first kappa shape index (κ1) is 17.3. The van der Waals surface area contributed by atoms with Crippen LogP contribution in [0, 0.1) is 33.6 Å². The van der Waals surface area contributed by atoms with Gasteiger partial charge in [-0.1, -0.05) is 53.9 Å². The molecule has 23 heavy (non-hydrogen) atoms. The first-order valence-electron chi connectivity index (χ1n) is 8.28. The second-order valence-corrected chi connectivity index (χ2v) is 6.88. The van der Waals surface area contributed by atoms with Crippen molar-refractivity contribution >= 4 is 11.6 Å². The van der Waals surface area contributed by atoms with E-state index in [2.05, 4.69) is 57.3 Å². The smallest absolute Gasteiger partial charge is 0.224 e. The predicted molar refractivity (Wildman–Crippen MR) is 97.9 cm³/mol. The van der Waals surface area contributed by atoms with Crippen LogP contribution in [0.15, 0.2) is 36.4 Å². The summed E-state index contributed by atoms with van der Waals surface area (Å²) in [4.78, 5) is 12.3. The summed E-state index contributed by atoms with van der Waals surface area (Å²) < 4.78 is 0. The van der Waals surface area contributed by atoms with E-state index in [-0.39, 0.29) is 5.91 Å². The van der Waals surface area contributed by atoms with Crippen molar-refractivity contribution < 1.29 is 4.79 Å². The van der Waals surface area contributed by atoms with Crippen LogP contribution in [0.4, 0.5) is 5.69 Å². The number of hydrogen-bond donors (Lipinski definition) is 1. The largest absolute Gasteiger partial charge is 0.326 e. The van der Waals surface area contributed by atoms with E-state index in [0.29, 0.717) is 12.3 Å². The van der Waals surface area contributed by atoms with Crippen LogP contribution in [0.5, 0.6) is 0 Å². The maximum absolute atomic E-state index is 12.3. The molecule has 2 aromatic carbocycles. The molecule has 1 atom stereocenters. The summed E-state index contributed by atoms with van der Waals surface area (Å²) in [6, 6.07) is 12.7. The maximum Gasteiger partial charge on any atom is 0.224 e. The molecular formula is C21H27NO. The molecule has 0 radical (unpaired) electrons. The molecule has 2 rings (SSSR count). The fourth-order valence-corrected chi connectivity index (χ4v) is 3.13. The third-order valence-corrected chi connectivity index (χ3v) is 4.06. The number of aryl methyl sites for hydroxylation is 4. The van der Waals surface area contributed by atoms with Crippen LogP contribution < -0.4 is 5.32 Å². The van der Waals surface area contributed by atoms with Gasteiger partial charge in [0, 0.05) is 12.1 Å². The van der Waals surface area contributed by atoms with Crippen molar-refractivity contribution in [1.29, 1.82) is 0 Å². The van der Waals surface area contributed by atoms with Crippen LogP contribution in [0.25, 0.3) is 0 Å². The predicted octanol–water partition coefficient (Wildman–Crippen LogP) is 5.13. The zero-order valence-corrected chi connectivity index (χ0v) is 14.9. The lowest BCUT2D eigenvalue weighted by molar-refractivity contribution is -0.116. The number of anilines is 1. The van der Waals surface area contributed by atoms with E-state index >= 15 is 0 Å². The second-order valence-electron chi connectivity index (χ2n) is 6.88. The summed E-state index contributed by atoms with van der Waals surface area (Å²) in [5, 5.41) is 3.04. The Hall–Kier alpha value is -2.09. The quantitative estimate of drug-likeness (QED) is 0.815. The summed E-state index contributed by atoms with van der Waals surface area (Å²) in [6.07, 6.45) is 1.48. The van der Waals surface area contributed by atoms with Gasteiger partial charge in [-0.05, 0) is 57.2 Å². The van der Waals surface area contributed by atoms with Crippen molar-refractivity contribution in [2.45, 2.75) is 47.5 Å². The van der Waals surface area contributed by atoms with Crippen molar-refractivity contribution in [2.24, 2.45) is 5.92 Å². The van der Waals surface area contributed by atoms with Crippen molar-refractivity contribution in [3.8, 4) is 0 Å². The zero-order chi connectivity index (χ0) is 17.0. The Morgan fingerprint density at radius 1 is 0.957 bits per heavy atom. The van der Waals surface area contributed by atoms with Crippen LogP contribution in [0.3, 0.4) is 0 Å². The summed E-state index contributed by atoms with van der Waals surface area (Å²) >= 11 is 0. The fraction of sp³-hybridized carbons (Fsp3) is 0.381. The van der Waals surface area contributed by atoms with Gasteiger partial charge in [-0.2, -0.15) is 0 Å². The van der Waals surface area contributed by atoms with Crippen LogP contribution in [0.2, 0.25) is 0 Å². The van der Waals surface area contributed by atoms with E-state index in [1.54, 1.807) is 0 Å². The van der Waals surface area contributed by atoms with Gasteiger partial charge in [-0.3, -0.25) is 4.79 Å². The molecular weight excluding hydrogens is 282 g/mol. The number of carbonyl (C=O) groups excluding carboxylic acids is 1. The monoisotopic (exact) mass is 309 g/mol. The minimum absolute atomic E-state index is 0.0915. The van der Waals surface area contributed by atoms with E-state index in [1.807, 2.05) is 19.1 Å². The van der Waals surface area contributed by atoms with Gasteiger partial charge >= 0.3 is 0 Å². The molecule has 2 nitrogen and oxygen atoms in total. The summed E-state index contributed by atoms with van der Waals surface area (Å²) in [6.45, 7) is 10.5. The number of hydrogen-bond acceptors (Lipinski definition) is 1.